The lowest BCUT2D eigenvalue weighted by Crippen LogP contribution is -2.23. The SMILES string of the molecule is NC(=NCn1nc(-c2cc(F)c(F)c(F)c2)ccc1=O)c1ccccc1. The molecule has 1 aromatic heterocycles. The molecule has 1 heterocycles. The Morgan fingerprint density at radius 3 is 2.35 bits per heavy atom. The number of hydrogen-bond acceptors (Lipinski definition) is 3. The molecule has 2 N–H and O–H groups in total. The van der Waals surface area contributed by atoms with Gasteiger partial charge in [-0.3, -0.25) is 4.79 Å². The van der Waals surface area contributed by atoms with Gasteiger partial charge < -0.3 is 5.73 Å². The van der Waals surface area contributed by atoms with Crippen molar-refractivity contribution in [2.24, 2.45) is 10.7 Å². The van der Waals surface area contributed by atoms with Gasteiger partial charge in [-0.15, -0.1) is 0 Å². The van der Waals surface area contributed by atoms with Gasteiger partial charge in [-0.05, 0) is 18.2 Å². The summed E-state index contributed by atoms with van der Waals surface area (Å²) in [6.07, 6.45) is 0. The summed E-state index contributed by atoms with van der Waals surface area (Å²) >= 11 is 0. The van der Waals surface area contributed by atoms with Gasteiger partial charge in [-0.25, -0.2) is 22.8 Å². The van der Waals surface area contributed by atoms with E-state index in [4.69, 9.17) is 5.73 Å². The van der Waals surface area contributed by atoms with Crippen molar-refractivity contribution < 1.29 is 13.2 Å². The summed E-state index contributed by atoms with van der Waals surface area (Å²) in [6.45, 7) is -0.181. The van der Waals surface area contributed by atoms with Crippen LogP contribution in [0.2, 0.25) is 0 Å². The van der Waals surface area contributed by atoms with E-state index in [2.05, 4.69) is 10.1 Å². The van der Waals surface area contributed by atoms with E-state index in [0.717, 1.165) is 16.8 Å². The van der Waals surface area contributed by atoms with E-state index in [0.29, 0.717) is 5.56 Å². The van der Waals surface area contributed by atoms with Crippen molar-refractivity contribution in [1.82, 2.24) is 9.78 Å². The number of nitrogens with zero attached hydrogens (tertiary/aromatic N) is 3. The number of halogens is 3. The van der Waals surface area contributed by atoms with Crippen molar-refractivity contribution in [2.45, 2.75) is 6.67 Å². The van der Waals surface area contributed by atoms with E-state index in [1.54, 1.807) is 24.3 Å². The number of rotatable bonds is 4. The molecule has 2 aromatic carbocycles. The monoisotopic (exact) mass is 358 g/mol. The molecule has 0 aliphatic carbocycles. The van der Waals surface area contributed by atoms with Crippen molar-refractivity contribution in [1.29, 1.82) is 0 Å². The summed E-state index contributed by atoms with van der Waals surface area (Å²) in [4.78, 5) is 16.0. The summed E-state index contributed by atoms with van der Waals surface area (Å²) in [6, 6.07) is 13.0. The maximum Gasteiger partial charge on any atom is 0.268 e. The number of aliphatic imine (C=N–C) groups is 1. The Bertz CT molecular complexity index is 1010. The molecule has 0 fully saturated rings. The molecule has 0 atom stereocenters. The lowest BCUT2D eigenvalue weighted by atomic mass is 10.1. The van der Waals surface area contributed by atoms with Crippen LogP contribution >= 0.6 is 0 Å². The highest BCUT2D eigenvalue weighted by Crippen LogP contribution is 2.21. The van der Waals surface area contributed by atoms with Gasteiger partial charge in [0.15, 0.2) is 17.5 Å². The highest BCUT2D eigenvalue weighted by Gasteiger charge is 2.13. The van der Waals surface area contributed by atoms with Gasteiger partial charge in [0.05, 0.1) is 5.69 Å². The minimum absolute atomic E-state index is 0.00448. The van der Waals surface area contributed by atoms with Crippen LogP contribution in [0.3, 0.4) is 0 Å². The van der Waals surface area contributed by atoms with E-state index >= 15 is 0 Å². The van der Waals surface area contributed by atoms with Crippen molar-refractivity contribution in [3.63, 3.8) is 0 Å². The fourth-order valence-corrected chi connectivity index (χ4v) is 2.25. The first-order valence-electron chi connectivity index (χ1n) is 7.54. The Balaban J connectivity index is 1.93. The maximum atomic E-state index is 13.4. The highest BCUT2D eigenvalue weighted by molar-refractivity contribution is 5.97. The number of amidine groups is 1. The molecule has 132 valence electrons. The standard InChI is InChI=1S/C18H13F3N4O/c19-13-8-12(9-14(20)17(13)21)15-6-7-16(26)25(24-15)10-23-18(22)11-4-2-1-3-5-11/h1-9H,10H2,(H2,22,23). The first-order valence-corrected chi connectivity index (χ1v) is 7.54. The van der Waals surface area contributed by atoms with Crippen LogP contribution in [-0.4, -0.2) is 15.6 Å². The molecule has 0 aliphatic rings. The number of hydrogen-bond donors (Lipinski definition) is 1. The Kier molecular flexibility index (Phi) is 4.83. The second-order valence-corrected chi connectivity index (χ2v) is 5.36. The molecule has 0 saturated heterocycles. The van der Waals surface area contributed by atoms with E-state index < -0.39 is 23.0 Å². The highest BCUT2D eigenvalue weighted by atomic mass is 19.2. The smallest absolute Gasteiger partial charge is 0.268 e. The Morgan fingerprint density at radius 2 is 1.69 bits per heavy atom. The van der Waals surface area contributed by atoms with E-state index in [1.165, 1.54) is 12.1 Å². The third-order valence-corrected chi connectivity index (χ3v) is 3.59. The second-order valence-electron chi connectivity index (χ2n) is 5.36. The predicted octanol–water partition coefficient (Wildman–Crippen LogP) is 2.69. The Hall–Kier alpha value is -3.42. The second kappa shape index (κ2) is 7.22. The van der Waals surface area contributed by atoms with Crippen LogP contribution in [-0.2, 0) is 6.67 Å². The molecule has 0 radical (unpaired) electrons. The molecular weight excluding hydrogens is 345 g/mol. The number of nitrogens with two attached hydrogens (primary N) is 1. The molecule has 0 unspecified atom stereocenters. The molecule has 8 heteroatoms. The lowest BCUT2D eigenvalue weighted by molar-refractivity contribution is 0.447. The molecule has 0 saturated carbocycles. The largest absolute Gasteiger partial charge is 0.383 e. The Morgan fingerprint density at radius 1 is 1.04 bits per heavy atom. The lowest BCUT2D eigenvalue weighted by Gasteiger charge is -2.07. The van der Waals surface area contributed by atoms with Crippen LogP contribution in [0.4, 0.5) is 13.2 Å². The van der Waals surface area contributed by atoms with Gasteiger partial charge >= 0.3 is 0 Å². The van der Waals surface area contributed by atoms with Gasteiger partial charge in [0, 0.05) is 17.2 Å². The van der Waals surface area contributed by atoms with Crippen molar-refractivity contribution in [2.75, 3.05) is 0 Å². The fourth-order valence-electron chi connectivity index (χ4n) is 2.25. The first-order chi connectivity index (χ1) is 12.5. The van der Waals surface area contributed by atoms with E-state index in [9.17, 15) is 18.0 Å². The zero-order valence-electron chi connectivity index (χ0n) is 13.4. The molecule has 0 bridgehead atoms. The van der Waals surface area contributed by atoms with Crippen LogP contribution in [0.5, 0.6) is 0 Å². The first kappa shape index (κ1) is 17.4. The molecular formula is C18H13F3N4O. The van der Waals surface area contributed by atoms with Gasteiger partial charge in [-0.2, -0.15) is 5.10 Å². The molecule has 0 spiro atoms. The zero-order chi connectivity index (χ0) is 18.7. The van der Waals surface area contributed by atoms with Gasteiger partial charge in [0.1, 0.15) is 12.5 Å². The zero-order valence-corrected chi connectivity index (χ0v) is 13.4. The Labute approximate surface area is 146 Å². The minimum Gasteiger partial charge on any atom is -0.383 e. The third-order valence-electron chi connectivity index (χ3n) is 3.59. The number of benzene rings is 2. The molecule has 3 aromatic rings. The summed E-state index contributed by atoms with van der Waals surface area (Å²) in [5.41, 5.74) is 6.16. The van der Waals surface area contributed by atoms with Crippen molar-refractivity contribution in [3.8, 4) is 11.3 Å². The summed E-state index contributed by atoms with van der Waals surface area (Å²) in [5, 5.41) is 4.01. The van der Waals surface area contributed by atoms with Crippen LogP contribution in [0.15, 0.2) is 64.4 Å². The summed E-state index contributed by atoms with van der Waals surface area (Å²) in [5.74, 6) is -4.04. The third kappa shape index (κ3) is 3.64. The molecule has 0 amide bonds. The quantitative estimate of drug-likeness (QED) is 0.443. The van der Waals surface area contributed by atoms with E-state index in [1.807, 2.05) is 6.07 Å². The van der Waals surface area contributed by atoms with Crippen LogP contribution in [0.25, 0.3) is 11.3 Å². The predicted molar refractivity (Wildman–Crippen MR) is 91.0 cm³/mol. The average molecular weight is 358 g/mol. The van der Waals surface area contributed by atoms with Crippen molar-refractivity contribution >= 4 is 5.84 Å². The van der Waals surface area contributed by atoms with Crippen LogP contribution in [0, 0.1) is 17.5 Å². The fraction of sp³-hybridized carbons (Fsp3) is 0.0556. The molecule has 3 rings (SSSR count). The summed E-state index contributed by atoms with van der Waals surface area (Å²) < 4.78 is 40.9. The minimum atomic E-state index is -1.57. The molecule has 5 nitrogen and oxygen atoms in total. The normalized spacial score (nSPS) is 11.6. The van der Waals surface area contributed by atoms with Crippen molar-refractivity contribution in [3.05, 3.63) is 88.0 Å². The van der Waals surface area contributed by atoms with E-state index in [-0.39, 0.29) is 23.8 Å². The average Bonchev–Trinajstić information content (AvgIpc) is 2.65. The summed E-state index contributed by atoms with van der Waals surface area (Å²) in [7, 11) is 0. The topological polar surface area (TPSA) is 73.3 Å². The van der Waals surface area contributed by atoms with Crippen LogP contribution in [0.1, 0.15) is 5.56 Å². The molecule has 26 heavy (non-hydrogen) atoms. The van der Waals surface area contributed by atoms with Crippen LogP contribution < -0.4 is 11.3 Å². The van der Waals surface area contributed by atoms with Gasteiger partial charge in [0.25, 0.3) is 5.56 Å². The number of aromatic nitrogens is 2. The molecule has 0 aliphatic heterocycles. The van der Waals surface area contributed by atoms with Gasteiger partial charge in [0.2, 0.25) is 0 Å². The maximum absolute atomic E-state index is 13.4. The van der Waals surface area contributed by atoms with Gasteiger partial charge in [-0.1, -0.05) is 30.3 Å².